The van der Waals surface area contributed by atoms with Gasteiger partial charge in [-0.05, 0) is 30.3 Å². The molecule has 2 aromatic rings. The van der Waals surface area contributed by atoms with Gasteiger partial charge in [0.15, 0.2) is 0 Å². The quantitative estimate of drug-likeness (QED) is 0.835. The topological polar surface area (TPSA) is 34.2 Å². The number of ether oxygens (including phenoxy) is 1. The molecular formula is C14H16N2OS. The standard InChI is InChI=1S/C14H16N2OS/c1-15-14-11(4-3-9-16-14)10-18-13-7-5-12(17-2)6-8-13/h3-9H,10H2,1-2H3,(H,15,16). The number of nitrogens with one attached hydrogen (secondary N) is 1. The van der Waals surface area contributed by atoms with Crippen LogP contribution in [0.25, 0.3) is 0 Å². The van der Waals surface area contributed by atoms with Crippen LogP contribution in [-0.4, -0.2) is 19.1 Å². The van der Waals surface area contributed by atoms with Gasteiger partial charge in [0.1, 0.15) is 11.6 Å². The van der Waals surface area contributed by atoms with Crippen molar-refractivity contribution in [3.63, 3.8) is 0 Å². The van der Waals surface area contributed by atoms with Crippen LogP contribution in [0, 0.1) is 0 Å². The molecule has 0 bridgehead atoms. The van der Waals surface area contributed by atoms with Crippen molar-refractivity contribution in [1.82, 2.24) is 4.98 Å². The number of anilines is 1. The Hall–Kier alpha value is -1.68. The molecule has 0 fully saturated rings. The molecule has 2 rings (SSSR count). The lowest BCUT2D eigenvalue weighted by molar-refractivity contribution is 0.414. The zero-order valence-electron chi connectivity index (χ0n) is 10.5. The predicted octanol–water partition coefficient (Wildman–Crippen LogP) is 3.42. The first kappa shape index (κ1) is 12.8. The van der Waals surface area contributed by atoms with Gasteiger partial charge in [-0.1, -0.05) is 6.07 Å². The van der Waals surface area contributed by atoms with E-state index in [1.54, 1.807) is 25.1 Å². The fourth-order valence-corrected chi connectivity index (χ4v) is 2.50. The third-order valence-corrected chi connectivity index (χ3v) is 3.64. The van der Waals surface area contributed by atoms with Crippen LogP contribution in [0.2, 0.25) is 0 Å². The van der Waals surface area contributed by atoms with Gasteiger partial charge in [0.25, 0.3) is 0 Å². The minimum atomic E-state index is 0.886. The zero-order chi connectivity index (χ0) is 12.8. The number of pyridine rings is 1. The fraction of sp³-hybridized carbons (Fsp3) is 0.214. The first-order valence-corrected chi connectivity index (χ1v) is 6.70. The second-order valence-corrected chi connectivity index (χ2v) is 4.77. The summed E-state index contributed by atoms with van der Waals surface area (Å²) < 4.78 is 5.14. The van der Waals surface area contributed by atoms with E-state index in [9.17, 15) is 0 Å². The molecule has 0 spiro atoms. The van der Waals surface area contributed by atoms with Crippen LogP contribution in [0.5, 0.6) is 5.75 Å². The highest BCUT2D eigenvalue weighted by atomic mass is 32.2. The van der Waals surface area contributed by atoms with Crippen LogP contribution >= 0.6 is 11.8 Å². The van der Waals surface area contributed by atoms with Crippen molar-refractivity contribution in [2.75, 3.05) is 19.5 Å². The molecule has 0 aliphatic carbocycles. The van der Waals surface area contributed by atoms with E-state index in [4.69, 9.17) is 4.74 Å². The van der Waals surface area contributed by atoms with Crippen LogP contribution in [0.1, 0.15) is 5.56 Å². The van der Waals surface area contributed by atoms with E-state index in [-0.39, 0.29) is 0 Å². The second kappa shape index (κ2) is 6.31. The molecule has 0 radical (unpaired) electrons. The van der Waals surface area contributed by atoms with Crippen LogP contribution in [0.4, 0.5) is 5.82 Å². The molecule has 1 N–H and O–H groups in total. The van der Waals surface area contributed by atoms with Crippen molar-refractivity contribution in [2.45, 2.75) is 10.6 Å². The van der Waals surface area contributed by atoms with Crippen LogP contribution in [0.15, 0.2) is 47.5 Å². The summed E-state index contributed by atoms with van der Waals surface area (Å²) >= 11 is 1.79. The minimum absolute atomic E-state index is 0.886. The Morgan fingerprint density at radius 2 is 2.00 bits per heavy atom. The summed E-state index contributed by atoms with van der Waals surface area (Å²) in [7, 11) is 3.57. The molecule has 0 aliphatic rings. The Morgan fingerprint density at radius 1 is 1.22 bits per heavy atom. The lowest BCUT2D eigenvalue weighted by Gasteiger charge is -2.07. The number of rotatable bonds is 5. The Labute approximate surface area is 112 Å². The van der Waals surface area contributed by atoms with Gasteiger partial charge in [-0.25, -0.2) is 4.98 Å². The molecule has 4 heteroatoms. The Bertz CT molecular complexity index is 499. The number of methoxy groups -OCH3 is 1. The smallest absolute Gasteiger partial charge is 0.129 e. The maximum atomic E-state index is 5.14. The number of hydrogen-bond acceptors (Lipinski definition) is 4. The SMILES string of the molecule is CNc1ncccc1CSc1ccc(OC)cc1. The highest BCUT2D eigenvalue weighted by Crippen LogP contribution is 2.26. The van der Waals surface area contributed by atoms with E-state index in [2.05, 4.69) is 28.5 Å². The van der Waals surface area contributed by atoms with Gasteiger partial charge in [0.05, 0.1) is 7.11 Å². The number of aromatic nitrogens is 1. The Morgan fingerprint density at radius 3 is 2.67 bits per heavy atom. The van der Waals surface area contributed by atoms with E-state index in [1.807, 2.05) is 25.2 Å². The van der Waals surface area contributed by atoms with Crippen LogP contribution in [-0.2, 0) is 5.75 Å². The van der Waals surface area contributed by atoms with Crippen molar-refractivity contribution >= 4 is 17.6 Å². The van der Waals surface area contributed by atoms with E-state index in [0.717, 1.165) is 17.3 Å². The highest BCUT2D eigenvalue weighted by Gasteiger charge is 2.02. The molecule has 1 aromatic heterocycles. The monoisotopic (exact) mass is 260 g/mol. The average molecular weight is 260 g/mol. The summed E-state index contributed by atoms with van der Waals surface area (Å²) in [5.41, 5.74) is 1.21. The number of hydrogen-bond donors (Lipinski definition) is 1. The van der Waals surface area contributed by atoms with E-state index in [1.165, 1.54) is 10.5 Å². The van der Waals surface area contributed by atoms with Gasteiger partial charge < -0.3 is 10.1 Å². The molecule has 0 atom stereocenters. The molecule has 0 amide bonds. The van der Waals surface area contributed by atoms with E-state index in [0.29, 0.717) is 0 Å². The molecule has 94 valence electrons. The molecule has 18 heavy (non-hydrogen) atoms. The summed E-state index contributed by atoms with van der Waals surface area (Å²) in [6.45, 7) is 0. The minimum Gasteiger partial charge on any atom is -0.497 e. The summed E-state index contributed by atoms with van der Waals surface area (Å²) in [6.07, 6.45) is 1.80. The predicted molar refractivity (Wildman–Crippen MR) is 76.3 cm³/mol. The van der Waals surface area contributed by atoms with E-state index >= 15 is 0 Å². The molecule has 0 unspecified atom stereocenters. The summed E-state index contributed by atoms with van der Waals surface area (Å²) in [5.74, 6) is 2.73. The fourth-order valence-electron chi connectivity index (χ4n) is 1.61. The summed E-state index contributed by atoms with van der Waals surface area (Å²) in [6, 6.07) is 12.1. The summed E-state index contributed by atoms with van der Waals surface area (Å²) in [4.78, 5) is 5.52. The van der Waals surface area contributed by atoms with Crippen molar-refractivity contribution in [1.29, 1.82) is 0 Å². The molecule has 0 saturated carbocycles. The highest BCUT2D eigenvalue weighted by molar-refractivity contribution is 7.98. The van der Waals surface area contributed by atoms with Crippen molar-refractivity contribution in [3.05, 3.63) is 48.2 Å². The molecule has 3 nitrogen and oxygen atoms in total. The first-order valence-electron chi connectivity index (χ1n) is 5.72. The van der Waals surface area contributed by atoms with E-state index < -0.39 is 0 Å². The first-order chi connectivity index (χ1) is 8.83. The van der Waals surface area contributed by atoms with Crippen molar-refractivity contribution in [2.24, 2.45) is 0 Å². The van der Waals surface area contributed by atoms with Crippen LogP contribution < -0.4 is 10.1 Å². The lowest BCUT2D eigenvalue weighted by atomic mass is 10.3. The molecular weight excluding hydrogens is 244 g/mol. The second-order valence-electron chi connectivity index (χ2n) is 3.73. The third-order valence-electron chi connectivity index (χ3n) is 2.58. The molecule has 1 aromatic carbocycles. The van der Waals surface area contributed by atoms with Crippen molar-refractivity contribution < 1.29 is 4.74 Å². The van der Waals surface area contributed by atoms with Crippen molar-refractivity contribution in [3.8, 4) is 5.75 Å². The molecule has 1 heterocycles. The third kappa shape index (κ3) is 3.17. The van der Waals surface area contributed by atoms with Gasteiger partial charge in [-0.2, -0.15) is 0 Å². The van der Waals surface area contributed by atoms with Gasteiger partial charge in [0.2, 0.25) is 0 Å². The van der Waals surface area contributed by atoms with Gasteiger partial charge in [-0.15, -0.1) is 11.8 Å². The Kier molecular flexibility index (Phi) is 4.47. The largest absolute Gasteiger partial charge is 0.497 e. The van der Waals surface area contributed by atoms with Gasteiger partial charge >= 0.3 is 0 Å². The summed E-state index contributed by atoms with van der Waals surface area (Å²) in [5, 5.41) is 3.11. The normalized spacial score (nSPS) is 10.1. The van der Waals surface area contributed by atoms with Crippen LogP contribution in [0.3, 0.4) is 0 Å². The Balaban J connectivity index is 2.02. The molecule has 0 saturated heterocycles. The zero-order valence-corrected chi connectivity index (χ0v) is 11.3. The maximum Gasteiger partial charge on any atom is 0.129 e. The average Bonchev–Trinajstić information content (AvgIpc) is 2.46. The van der Waals surface area contributed by atoms with Gasteiger partial charge in [0, 0.05) is 29.5 Å². The van der Waals surface area contributed by atoms with Gasteiger partial charge in [-0.3, -0.25) is 0 Å². The maximum absolute atomic E-state index is 5.14. The molecule has 0 aliphatic heterocycles. The number of nitrogens with zero attached hydrogens (tertiary/aromatic N) is 1. The number of benzene rings is 1. The lowest BCUT2D eigenvalue weighted by Crippen LogP contribution is -1.96. The number of thioether (sulfide) groups is 1.